The highest BCUT2D eigenvalue weighted by Gasteiger charge is 2.27. The van der Waals surface area contributed by atoms with Crippen LogP contribution in [0.4, 0.5) is 11.6 Å². The number of hydrogen-bond donors (Lipinski definition) is 1. The van der Waals surface area contributed by atoms with Crippen LogP contribution in [0.15, 0.2) is 27.8 Å². The molecule has 1 saturated heterocycles. The van der Waals surface area contributed by atoms with Crippen LogP contribution in [0.3, 0.4) is 0 Å². The minimum atomic E-state index is -0.479. The van der Waals surface area contributed by atoms with Crippen LogP contribution in [0.5, 0.6) is 0 Å². The fourth-order valence-electron chi connectivity index (χ4n) is 3.04. The maximum absolute atomic E-state index is 12.7. The zero-order valence-electron chi connectivity index (χ0n) is 15.1. The van der Waals surface area contributed by atoms with Gasteiger partial charge in [-0.05, 0) is 31.9 Å². The third-order valence-corrected chi connectivity index (χ3v) is 4.68. The fraction of sp³-hybridized carbons (Fsp3) is 0.471. The van der Waals surface area contributed by atoms with Gasteiger partial charge in [0, 0.05) is 33.3 Å². The average molecular weight is 358 g/mol. The van der Waals surface area contributed by atoms with Crippen molar-refractivity contribution in [1.29, 1.82) is 0 Å². The second-order valence-electron chi connectivity index (χ2n) is 6.58. The van der Waals surface area contributed by atoms with E-state index in [4.69, 9.17) is 0 Å². The first kappa shape index (κ1) is 17.8. The summed E-state index contributed by atoms with van der Waals surface area (Å²) in [5.74, 6) is 0.480. The van der Waals surface area contributed by atoms with Crippen molar-refractivity contribution in [2.24, 2.45) is 20.0 Å². The normalized spacial score (nSPS) is 17.2. The van der Waals surface area contributed by atoms with E-state index in [2.05, 4.69) is 15.5 Å². The highest BCUT2D eigenvalue weighted by atomic mass is 16.2. The third kappa shape index (κ3) is 3.51. The molecule has 2 aromatic rings. The number of hydrogen-bond acceptors (Lipinski definition) is 6. The summed E-state index contributed by atoms with van der Waals surface area (Å²) in [6.07, 6.45) is 1.59. The number of aromatic nitrogens is 4. The van der Waals surface area contributed by atoms with Gasteiger partial charge in [-0.2, -0.15) is 5.10 Å². The number of aryl methyl sites for hydroxylation is 1. The Morgan fingerprint density at radius 2 is 1.96 bits per heavy atom. The van der Waals surface area contributed by atoms with Gasteiger partial charge in [-0.1, -0.05) is 0 Å². The summed E-state index contributed by atoms with van der Waals surface area (Å²) in [7, 11) is 2.92. The molecule has 26 heavy (non-hydrogen) atoms. The molecule has 1 N–H and O–H groups in total. The summed E-state index contributed by atoms with van der Waals surface area (Å²) in [6.45, 7) is 3.20. The molecule has 9 heteroatoms. The Morgan fingerprint density at radius 3 is 2.65 bits per heavy atom. The van der Waals surface area contributed by atoms with E-state index in [0.29, 0.717) is 6.54 Å². The average Bonchev–Trinajstić information content (AvgIpc) is 2.65. The van der Waals surface area contributed by atoms with Crippen LogP contribution >= 0.6 is 0 Å². The standard InChI is InChI=1S/C17H22N6O3/c1-11-6-7-13(20-19-11)23-8-4-5-12(10-23)16(25)18-14-9-15(24)22(3)17(26)21(14)2/h6-7,9,12H,4-5,8,10H2,1-3H3,(H,18,25). The molecule has 1 aliphatic heterocycles. The molecule has 9 nitrogen and oxygen atoms in total. The SMILES string of the molecule is Cc1ccc(N2CCCC(C(=O)Nc3cc(=O)n(C)c(=O)n3C)C2)nn1. The van der Waals surface area contributed by atoms with Gasteiger partial charge in [0.25, 0.3) is 5.56 Å². The van der Waals surface area contributed by atoms with Crippen molar-refractivity contribution in [3.8, 4) is 0 Å². The molecule has 3 rings (SSSR count). The zero-order chi connectivity index (χ0) is 18.8. The molecule has 0 bridgehead atoms. The van der Waals surface area contributed by atoms with Crippen molar-refractivity contribution < 1.29 is 4.79 Å². The minimum Gasteiger partial charge on any atom is -0.354 e. The Hall–Kier alpha value is -2.97. The number of carbonyl (C=O) groups is 1. The first-order valence-corrected chi connectivity index (χ1v) is 8.50. The second-order valence-corrected chi connectivity index (χ2v) is 6.58. The molecule has 1 atom stereocenters. The molecule has 0 saturated carbocycles. The van der Waals surface area contributed by atoms with Crippen molar-refractivity contribution in [1.82, 2.24) is 19.3 Å². The van der Waals surface area contributed by atoms with Gasteiger partial charge in [0.15, 0.2) is 5.82 Å². The van der Waals surface area contributed by atoms with E-state index >= 15 is 0 Å². The minimum absolute atomic E-state index is 0.204. The number of anilines is 2. The quantitative estimate of drug-likeness (QED) is 0.831. The number of carbonyl (C=O) groups excluding carboxylic acids is 1. The van der Waals surface area contributed by atoms with Gasteiger partial charge in [-0.15, -0.1) is 5.10 Å². The van der Waals surface area contributed by atoms with Crippen LogP contribution in [0, 0.1) is 12.8 Å². The van der Waals surface area contributed by atoms with Crippen LogP contribution in [0.1, 0.15) is 18.5 Å². The van der Waals surface area contributed by atoms with Crippen LogP contribution in [-0.4, -0.2) is 38.3 Å². The number of nitrogens with one attached hydrogen (secondary N) is 1. The van der Waals surface area contributed by atoms with E-state index in [1.165, 1.54) is 24.7 Å². The molecule has 3 heterocycles. The summed E-state index contributed by atoms with van der Waals surface area (Å²) in [5, 5.41) is 11.0. The molecule has 0 aromatic carbocycles. The summed E-state index contributed by atoms with van der Waals surface area (Å²) >= 11 is 0. The first-order chi connectivity index (χ1) is 12.4. The van der Waals surface area contributed by atoms with Crippen molar-refractivity contribution in [3.63, 3.8) is 0 Å². The van der Waals surface area contributed by atoms with Gasteiger partial charge in [0.1, 0.15) is 5.82 Å². The monoisotopic (exact) mass is 358 g/mol. The van der Waals surface area contributed by atoms with Crippen LogP contribution in [-0.2, 0) is 18.9 Å². The Labute approximate surface area is 150 Å². The summed E-state index contributed by atoms with van der Waals surface area (Å²) in [4.78, 5) is 38.5. The molecular weight excluding hydrogens is 336 g/mol. The highest BCUT2D eigenvalue weighted by molar-refractivity contribution is 5.92. The zero-order valence-corrected chi connectivity index (χ0v) is 15.1. The second kappa shape index (κ2) is 7.11. The maximum Gasteiger partial charge on any atom is 0.332 e. The van der Waals surface area contributed by atoms with Gasteiger partial charge in [0.2, 0.25) is 5.91 Å². The lowest BCUT2D eigenvalue weighted by Gasteiger charge is -2.32. The number of piperidine rings is 1. The number of rotatable bonds is 3. The van der Waals surface area contributed by atoms with Gasteiger partial charge in [-0.3, -0.25) is 18.7 Å². The lowest BCUT2D eigenvalue weighted by Crippen LogP contribution is -2.43. The Bertz CT molecular complexity index is 931. The lowest BCUT2D eigenvalue weighted by atomic mass is 9.97. The lowest BCUT2D eigenvalue weighted by molar-refractivity contribution is -0.120. The van der Waals surface area contributed by atoms with E-state index in [1.54, 1.807) is 0 Å². The predicted octanol–water partition coefficient (Wildman–Crippen LogP) is 0.0375. The maximum atomic E-state index is 12.7. The van der Waals surface area contributed by atoms with Gasteiger partial charge in [-0.25, -0.2) is 4.79 Å². The Balaban J connectivity index is 1.75. The highest BCUT2D eigenvalue weighted by Crippen LogP contribution is 2.22. The molecular formula is C17H22N6O3. The van der Waals surface area contributed by atoms with Crippen LogP contribution in [0.25, 0.3) is 0 Å². The summed E-state index contributed by atoms with van der Waals surface area (Å²) < 4.78 is 2.25. The number of amides is 1. The third-order valence-electron chi connectivity index (χ3n) is 4.68. The summed E-state index contributed by atoms with van der Waals surface area (Å²) in [5.41, 5.74) is -0.0942. The van der Waals surface area contributed by atoms with E-state index in [0.717, 1.165) is 35.5 Å². The molecule has 0 spiro atoms. The van der Waals surface area contributed by atoms with Crippen molar-refractivity contribution in [2.45, 2.75) is 19.8 Å². The first-order valence-electron chi connectivity index (χ1n) is 8.50. The Morgan fingerprint density at radius 1 is 1.19 bits per heavy atom. The van der Waals surface area contributed by atoms with Crippen LogP contribution in [0.2, 0.25) is 0 Å². The summed E-state index contributed by atoms with van der Waals surface area (Å²) in [6, 6.07) is 5.04. The molecule has 0 radical (unpaired) electrons. The van der Waals surface area contributed by atoms with Gasteiger partial charge in [0.05, 0.1) is 11.6 Å². The predicted molar refractivity (Wildman–Crippen MR) is 97.3 cm³/mol. The van der Waals surface area contributed by atoms with Crippen molar-refractivity contribution in [2.75, 3.05) is 23.3 Å². The largest absolute Gasteiger partial charge is 0.354 e. The molecule has 1 aliphatic rings. The molecule has 2 aromatic heterocycles. The van der Waals surface area contributed by atoms with E-state index in [-0.39, 0.29) is 17.6 Å². The van der Waals surface area contributed by atoms with E-state index < -0.39 is 11.2 Å². The van der Waals surface area contributed by atoms with Gasteiger partial charge >= 0.3 is 5.69 Å². The molecule has 1 unspecified atom stereocenters. The van der Waals surface area contributed by atoms with E-state index in [1.807, 2.05) is 24.0 Å². The van der Waals surface area contributed by atoms with Gasteiger partial charge < -0.3 is 10.2 Å². The van der Waals surface area contributed by atoms with Crippen molar-refractivity contribution in [3.05, 3.63) is 44.7 Å². The fourth-order valence-corrected chi connectivity index (χ4v) is 3.04. The topological polar surface area (TPSA) is 102 Å². The number of nitrogens with zero attached hydrogens (tertiary/aromatic N) is 5. The molecule has 138 valence electrons. The molecule has 0 aliphatic carbocycles. The van der Waals surface area contributed by atoms with Crippen molar-refractivity contribution >= 4 is 17.5 Å². The van der Waals surface area contributed by atoms with Crippen LogP contribution < -0.4 is 21.5 Å². The molecule has 1 amide bonds. The Kier molecular flexibility index (Phi) is 4.88. The smallest absolute Gasteiger partial charge is 0.332 e. The van der Waals surface area contributed by atoms with E-state index in [9.17, 15) is 14.4 Å². The molecule has 1 fully saturated rings.